The molecule has 0 spiro atoms. The Morgan fingerprint density at radius 3 is 1.93 bits per heavy atom. The SMILES string of the molecule is OC[C@@H]1OC(c2ccccc2)O[C@@H]1CO. The molecule has 0 aromatic heterocycles. The van der Waals surface area contributed by atoms with Crippen molar-refractivity contribution in [3.63, 3.8) is 0 Å². The van der Waals surface area contributed by atoms with Crippen molar-refractivity contribution >= 4 is 0 Å². The summed E-state index contributed by atoms with van der Waals surface area (Å²) in [6.45, 7) is -0.289. The Balaban J connectivity index is 2.08. The van der Waals surface area contributed by atoms with Gasteiger partial charge in [-0.05, 0) is 0 Å². The molecule has 1 saturated heterocycles. The Morgan fingerprint density at radius 1 is 0.933 bits per heavy atom. The summed E-state index contributed by atoms with van der Waals surface area (Å²) in [5.41, 5.74) is 0.895. The van der Waals surface area contributed by atoms with Gasteiger partial charge in [0.25, 0.3) is 0 Å². The highest BCUT2D eigenvalue weighted by Crippen LogP contribution is 2.30. The van der Waals surface area contributed by atoms with Crippen molar-refractivity contribution in [2.24, 2.45) is 0 Å². The molecule has 1 aromatic rings. The van der Waals surface area contributed by atoms with Crippen LogP contribution in [0.25, 0.3) is 0 Å². The highest BCUT2D eigenvalue weighted by molar-refractivity contribution is 5.16. The topological polar surface area (TPSA) is 58.9 Å². The standard InChI is InChI=1S/C11H14O4/c12-6-9-10(7-13)15-11(14-9)8-4-2-1-3-5-8/h1-5,9-13H,6-7H2/t9-,10+,11?. The van der Waals surface area contributed by atoms with Crippen molar-refractivity contribution in [1.29, 1.82) is 0 Å². The van der Waals surface area contributed by atoms with E-state index in [1.165, 1.54) is 0 Å². The van der Waals surface area contributed by atoms with E-state index < -0.39 is 18.5 Å². The van der Waals surface area contributed by atoms with E-state index in [4.69, 9.17) is 19.7 Å². The number of benzene rings is 1. The second kappa shape index (κ2) is 4.72. The van der Waals surface area contributed by atoms with Gasteiger partial charge in [-0.25, -0.2) is 0 Å². The molecule has 1 fully saturated rings. The summed E-state index contributed by atoms with van der Waals surface area (Å²) in [4.78, 5) is 0. The van der Waals surface area contributed by atoms with Gasteiger partial charge in [0, 0.05) is 5.56 Å². The van der Waals surface area contributed by atoms with Crippen molar-refractivity contribution in [2.45, 2.75) is 18.5 Å². The summed E-state index contributed by atoms with van der Waals surface area (Å²) in [6.07, 6.45) is -1.37. The lowest BCUT2D eigenvalue weighted by Gasteiger charge is -2.09. The summed E-state index contributed by atoms with van der Waals surface area (Å²) < 4.78 is 10.9. The summed E-state index contributed by atoms with van der Waals surface area (Å²) in [5, 5.41) is 18.0. The Labute approximate surface area is 88.1 Å². The number of rotatable bonds is 3. The van der Waals surface area contributed by atoms with Crippen LogP contribution in [0.4, 0.5) is 0 Å². The second-order valence-corrected chi connectivity index (χ2v) is 3.46. The molecule has 15 heavy (non-hydrogen) atoms. The van der Waals surface area contributed by atoms with Gasteiger partial charge in [-0.3, -0.25) is 0 Å². The summed E-state index contributed by atoms with van der Waals surface area (Å²) >= 11 is 0. The number of aliphatic hydroxyl groups excluding tert-OH is 2. The number of hydrogen-bond donors (Lipinski definition) is 2. The largest absolute Gasteiger partial charge is 0.394 e. The molecule has 1 heterocycles. The molecular weight excluding hydrogens is 196 g/mol. The van der Waals surface area contributed by atoms with Crippen molar-refractivity contribution in [2.75, 3.05) is 13.2 Å². The van der Waals surface area contributed by atoms with E-state index in [1.807, 2.05) is 30.3 Å². The minimum Gasteiger partial charge on any atom is -0.394 e. The zero-order chi connectivity index (χ0) is 10.7. The van der Waals surface area contributed by atoms with Crippen molar-refractivity contribution < 1.29 is 19.7 Å². The molecule has 1 aromatic carbocycles. The van der Waals surface area contributed by atoms with E-state index in [9.17, 15) is 0 Å². The zero-order valence-corrected chi connectivity index (χ0v) is 8.24. The van der Waals surface area contributed by atoms with Gasteiger partial charge in [0.05, 0.1) is 13.2 Å². The van der Waals surface area contributed by atoms with Gasteiger partial charge in [0.1, 0.15) is 12.2 Å². The van der Waals surface area contributed by atoms with Crippen LogP contribution in [0.15, 0.2) is 30.3 Å². The minimum atomic E-state index is -0.486. The van der Waals surface area contributed by atoms with Crippen LogP contribution in [0.2, 0.25) is 0 Å². The summed E-state index contributed by atoms with van der Waals surface area (Å²) in [6, 6.07) is 9.47. The summed E-state index contributed by atoms with van der Waals surface area (Å²) in [5.74, 6) is 0. The Morgan fingerprint density at radius 2 is 1.47 bits per heavy atom. The van der Waals surface area contributed by atoms with Gasteiger partial charge in [0.2, 0.25) is 0 Å². The fourth-order valence-corrected chi connectivity index (χ4v) is 1.61. The summed E-state index contributed by atoms with van der Waals surface area (Å²) in [7, 11) is 0. The van der Waals surface area contributed by atoms with Crippen LogP contribution in [0.5, 0.6) is 0 Å². The maximum Gasteiger partial charge on any atom is 0.184 e. The minimum absolute atomic E-state index is 0.144. The molecule has 1 unspecified atom stereocenters. The van der Waals surface area contributed by atoms with Gasteiger partial charge >= 0.3 is 0 Å². The first-order valence-corrected chi connectivity index (χ1v) is 4.92. The monoisotopic (exact) mass is 210 g/mol. The first kappa shape index (κ1) is 10.6. The maximum absolute atomic E-state index is 9.02. The smallest absolute Gasteiger partial charge is 0.184 e. The highest BCUT2D eigenvalue weighted by atomic mass is 16.7. The lowest BCUT2D eigenvalue weighted by Crippen LogP contribution is -2.29. The fraction of sp³-hybridized carbons (Fsp3) is 0.455. The third-order valence-corrected chi connectivity index (χ3v) is 2.44. The normalized spacial score (nSPS) is 30.7. The first-order valence-electron chi connectivity index (χ1n) is 4.92. The Hall–Kier alpha value is -0.940. The van der Waals surface area contributed by atoms with Crippen LogP contribution < -0.4 is 0 Å². The molecule has 0 aliphatic carbocycles. The van der Waals surface area contributed by atoms with E-state index in [2.05, 4.69) is 0 Å². The third-order valence-electron chi connectivity index (χ3n) is 2.44. The Bertz CT molecular complexity index is 289. The maximum atomic E-state index is 9.02. The molecule has 1 aliphatic heterocycles. The molecular formula is C11H14O4. The van der Waals surface area contributed by atoms with Gasteiger partial charge in [-0.2, -0.15) is 0 Å². The van der Waals surface area contributed by atoms with Gasteiger partial charge in [0.15, 0.2) is 6.29 Å². The van der Waals surface area contributed by atoms with Gasteiger partial charge < -0.3 is 19.7 Å². The van der Waals surface area contributed by atoms with Crippen LogP contribution >= 0.6 is 0 Å². The number of ether oxygens (including phenoxy) is 2. The molecule has 0 bridgehead atoms. The quantitative estimate of drug-likeness (QED) is 0.760. The number of hydrogen-bond acceptors (Lipinski definition) is 4. The van der Waals surface area contributed by atoms with Crippen molar-refractivity contribution in [3.8, 4) is 0 Å². The third kappa shape index (κ3) is 2.18. The molecule has 0 saturated carbocycles. The van der Waals surface area contributed by atoms with Crippen molar-refractivity contribution in [3.05, 3.63) is 35.9 Å². The predicted molar refractivity (Wildman–Crippen MR) is 53.1 cm³/mol. The zero-order valence-electron chi connectivity index (χ0n) is 8.24. The van der Waals surface area contributed by atoms with Gasteiger partial charge in [-0.15, -0.1) is 0 Å². The molecule has 0 radical (unpaired) electrons. The van der Waals surface area contributed by atoms with Crippen LogP contribution in [-0.2, 0) is 9.47 Å². The molecule has 2 rings (SSSR count). The Kier molecular flexibility index (Phi) is 3.33. The van der Waals surface area contributed by atoms with Crippen LogP contribution in [0.1, 0.15) is 11.9 Å². The van der Waals surface area contributed by atoms with E-state index >= 15 is 0 Å². The highest BCUT2D eigenvalue weighted by Gasteiger charge is 2.35. The van der Waals surface area contributed by atoms with Crippen molar-refractivity contribution in [1.82, 2.24) is 0 Å². The molecule has 82 valence electrons. The van der Waals surface area contributed by atoms with E-state index in [-0.39, 0.29) is 13.2 Å². The molecule has 4 nitrogen and oxygen atoms in total. The molecule has 2 N–H and O–H groups in total. The van der Waals surface area contributed by atoms with Crippen LogP contribution in [0, 0.1) is 0 Å². The van der Waals surface area contributed by atoms with Crippen LogP contribution in [0.3, 0.4) is 0 Å². The van der Waals surface area contributed by atoms with Crippen LogP contribution in [-0.4, -0.2) is 35.6 Å². The predicted octanol–water partition coefficient (Wildman–Crippen LogP) is 0.454. The average molecular weight is 210 g/mol. The van der Waals surface area contributed by atoms with E-state index in [1.54, 1.807) is 0 Å². The molecule has 0 amide bonds. The lowest BCUT2D eigenvalue weighted by molar-refractivity contribution is -0.0770. The van der Waals surface area contributed by atoms with E-state index in [0.29, 0.717) is 0 Å². The average Bonchev–Trinajstić information content (AvgIpc) is 2.73. The first-order chi connectivity index (χ1) is 7.35. The molecule has 1 aliphatic rings. The second-order valence-electron chi connectivity index (χ2n) is 3.46. The fourth-order valence-electron chi connectivity index (χ4n) is 1.61. The number of aliphatic hydroxyl groups is 2. The van der Waals surface area contributed by atoms with Gasteiger partial charge in [-0.1, -0.05) is 30.3 Å². The van der Waals surface area contributed by atoms with E-state index in [0.717, 1.165) is 5.56 Å². The lowest BCUT2D eigenvalue weighted by atomic mass is 10.2. The molecule has 3 atom stereocenters. The molecule has 4 heteroatoms.